The molecule has 0 spiro atoms. The summed E-state index contributed by atoms with van der Waals surface area (Å²) >= 11 is 0. The lowest BCUT2D eigenvalue weighted by molar-refractivity contribution is -0.261. The van der Waals surface area contributed by atoms with Gasteiger partial charge in [-0.05, 0) is 53.4 Å². The lowest BCUT2D eigenvalue weighted by Gasteiger charge is -2.45. The SMILES string of the molecule is CC[C@@H]([C@@H]1CC[C@@H](N=[N+]=[N-])[C@@H](O[C@H]2[C@H](O)[C@@H](OC(C)=O)[C@H](N=[N+]=[N-])C[C@@H]2N=[N+]=[N-])O1)N(Cc1ccccc1)C(=O)OCc1ccccc1. The van der Waals surface area contributed by atoms with Gasteiger partial charge in [-0.2, -0.15) is 0 Å². The van der Waals surface area contributed by atoms with Gasteiger partial charge in [0.1, 0.15) is 18.8 Å². The van der Waals surface area contributed by atoms with Crippen molar-refractivity contribution in [1.29, 1.82) is 0 Å². The summed E-state index contributed by atoms with van der Waals surface area (Å²) in [4.78, 5) is 35.7. The number of amides is 1. The molecule has 0 unspecified atom stereocenters. The monoisotopic (exact) mass is 662 g/mol. The third-order valence-corrected chi connectivity index (χ3v) is 8.36. The first-order valence-corrected chi connectivity index (χ1v) is 15.6. The van der Waals surface area contributed by atoms with E-state index in [4.69, 9.17) is 24.5 Å². The minimum atomic E-state index is -1.60. The minimum absolute atomic E-state index is 0.0678. The van der Waals surface area contributed by atoms with Gasteiger partial charge in [-0.1, -0.05) is 82.9 Å². The molecule has 254 valence electrons. The van der Waals surface area contributed by atoms with Crippen LogP contribution in [0.5, 0.6) is 0 Å². The van der Waals surface area contributed by atoms with Gasteiger partial charge in [0.25, 0.3) is 0 Å². The molecule has 9 atom stereocenters. The molecule has 2 aliphatic rings. The molecule has 1 saturated heterocycles. The summed E-state index contributed by atoms with van der Waals surface area (Å²) in [6.07, 6.45) is -5.59. The highest BCUT2D eigenvalue weighted by molar-refractivity contribution is 5.68. The lowest BCUT2D eigenvalue weighted by Crippen LogP contribution is -2.59. The van der Waals surface area contributed by atoms with Crippen molar-refractivity contribution in [2.24, 2.45) is 15.3 Å². The third kappa shape index (κ3) is 9.29. The van der Waals surface area contributed by atoms with Crippen LogP contribution in [-0.4, -0.2) is 76.9 Å². The number of rotatable bonds is 13. The van der Waals surface area contributed by atoms with Crippen LogP contribution >= 0.6 is 0 Å². The van der Waals surface area contributed by atoms with Gasteiger partial charge in [0, 0.05) is 28.2 Å². The van der Waals surface area contributed by atoms with Crippen LogP contribution in [0.3, 0.4) is 0 Å². The molecule has 1 saturated carbocycles. The Morgan fingerprint density at radius 2 is 1.50 bits per heavy atom. The molecule has 0 radical (unpaired) electrons. The number of carbonyl (C=O) groups is 2. The van der Waals surface area contributed by atoms with Gasteiger partial charge in [-0.3, -0.25) is 9.69 Å². The van der Waals surface area contributed by atoms with Gasteiger partial charge in [-0.15, -0.1) is 0 Å². The fourth-order valence-corrected chi connectivity index (χ4v) is 6.15. The maximum absolute atomic E-state index is 13.7. The molecule has 2 aromatic carbocycles. The number of esters is 1. The average molecular weight is 663 g/mol. The third-order valence-electron chi connectivity index (χ3n) is 8.36. The molecule has 2 fully saturated rings. The largest absolute Gasteiger partial charge is 0.459 e. The Morgan fingerprint density at radius 3 is 2.08 bits per heavy atom. The Hall–Kier alpha value is -5.01. The Bertz CT molecular complexity index is 1520. The normalized spacial score (nSPS) is 27.1. The van der Waals surface area contributed by atoms with Gasteiger partial charge in [-0.25, -0.2) is 4.79 Å². The van der Waals surface area contributed by atoms with Crippen molar-refractivity contribution in [2.45, 2.75) is 108 Å². The van der Waals surface area contributed by atoms with E-state index < -0.39 is 66.9 Å². The van der Waals surface area contributed by atoms with Crippen molar-refractivity contribution in [2.75, 3.05) is 0 Å². The summed E-state index contributed by atoms with van der Waals surface area (Å²) in [5, 5.41) is 22.6. The number of aliphatic hydroxyl groups excluding tert-OH is 1. The van der Waals surface area contributed by atoms with Gasteiger partial charge < -0.3 is 24.1 Å². The van der Waals surface area contributed by atoms with E-state index >= 15 is 0 Å². The highest BCUT2D eigenvalue weighted by Gasteiger charge is 2.49. The Balaban J connectivity index is 1.61. The topological polar surface area (TPSA) is 241 Å². The molecule has 48 heavy (non-hydrogen) atoms. The van der Waals surface area contributed by atoms with Gasteiger partial charge in [0.15, 0.2) is 6.29 Å². The summed E-state index contributed by atoms with van der Waals surface area (Å²) in [5.74, 6) is -0.734. The van der Waals surface area contributed by atoms with Crippen molar-refractivity contribution >= 4 is 12.1 Å². The molecule has 17 nitrogen and oxygen atoms in total. The van der Waals surface area contributed by atoms with Gasteiger partial charge in [0.05, 0.1) is 36.4 Å². The molecule has 0 aromatic heterocycles. The molecule has 1 N–H and O–H groups in total. The van der Waals surface area contributed by atoms with Crippen LogP contribution in [0.25, 0.3) is 31.3 Å². The zero-order valence-electron chi connectivity index (χ0n) is 26.6. The van der Waals surface area contributed by atoms with E-state index in [0.717, 1.165) is 18.1 Å². The van der Waals surface area contributed by atoms with Crippen molar-refractivity contribution < 1.29 is 33.6 Å². The number of ether oxygens (including phenoxy) is 4. The maximum Gasteiger partial charge on any atom is 0.410 e. The van der Waals surface area contributed by atoms with E-state index in [2.05, 4.69) is 30.1 Å². The summed E-state index contributed by atoms with van der Waals surface area (Å²) in [6, 6.07) is 15.3. The molecule has 1 amide bonds. The van der Waals surface area contributed by atoms with Crippen LogP contribution in [0.2, 0.25) is 0 Å². The van der Waals surface area contributed by atoms with Crippen LogP contribution in [0.15, 0.2) is 76.0 Å². The predicted molar refractivity (Wildman–Crippen MR) is 170 cm³/mol. The fraction of sp³-hybridized carbons (Fsp3) is 0.548. The number of carbonyl (C=O) groups excluding carboxylic acids is 2. The fourth-order valence-electron chi connectivity index (χ4n) is 6.15. The average Bonchev–Trinajstić information content (AvgIpc) is 3.09. The number of nitrogens with zero attached hydrogens (tertiary/aromatic N) is 10. The van der Waals surface area contributed by atoms with Gasteiger partial charge >= 0.3 is 12.1 Å². The number of benzene rings is 2. The first-order valence-electron chi connectivity index (χ1n) is 15.6. The predicted octanol–water partition coefficient (Wildman–Crippen LogP) is 6.23. The zero-order valence-corrected chi connectivity index (χ0v) is 26.6. The Kier molecular flexibility index (Phi) is 13.3. The summed E-state index contributed by atoms with van der Waals surface area (Å²) in [7, 11) is 0. The second-order valence-electron chi connectivity index (χ2n) is 11.5. The van der Waals surface area contributed by atoms with E-state index in [0.29, 0.717) is 19.3 Å². The van der Waals surface area contributed by atoms with Crippen LogP contribution in [-0.2, 0) is 36.9 Å². The summed E-state index contributed by atoms with van der Waals surface area (Å²) in [5.41, 5.74) is 29.4. The van der Waals surface area contributed by atoms with Crippen LogP contribution in [0.1, 0.15) is 50.7 Å². The molecule has 1 aliphatic carbocycles. The molecule has 0 bridgehead atoms. The smallest absolute Gasteiger partial charge is 0.410 e. The second kappa shape index (κ2) is 17.8. The highest BCUT2D eigenvalue weighted by Crippen LogP contribution is 2.35. The molecule has 4 rings (SSSR count). The first kappa shape index (κ1) is 35.8. The molecule has 1 aliphatic heterocycles. The van der Waals surface area contributed by atoms with E-state index in [9.17, 15) is 25.8 Å². The van der Waals surface area contributed by atoms with E-state index in [1.807, 2.05) is 67.6 Å². The van der Waals surface area contributed by atoms with E-state index in [-0.39, 0.29) is 19.6 Å². The lowest BCUT2D eigenvalue weighted by atomic mass is 9.84. The minimum Gasteiger partial charge on any atom is -0.459 e. The molecule has 2 aromatic rings. The molecule has 17 heteroatoms. The summed E-state index contributed by atoms with van der Waals surface area (Å²) in [6.45, 7) is 3.34. The zero-order chi connectivity index (χ0) is 34.5. The second-order valence-corrected chi connectivity index (χ2v) is 11.5. The standard InChI is InChI=1S/C31H38N10O7/c1-3-25(41(17-20-10-6-4-7-11-20)31(44)45-18-21-12-8-5-9-13-21)26-15-14-22(35-38-32)30(47-26)48-29-24(37-40-34)16-23(36-39-33)28(27(29)43)46-19(2)42/h4-13,22-30,43H,3,14-18H2,1-2H3/t22-,23-,24+,25+,26+,27-,28+,29-,30-/m1/s1. The van der Waals surface area contributed by atoms with Crippen molar-refractivity contribution in [3.63, 3.8) is 0 Å². The van der Waals surface area contributed by atoms with Crippen LogP contribution < -0.4 is 0 Å². The number of hydrogen-bond acceptors (Lipinski definition) is 10. The van der Waals surface area contributed by atoms with E-state index in [1.54, 1.807) is 4.90 Å². The van der Waals surface area contributed by atoms with Crippen molar-refractivity contribution in [3.05, 3.63) is 103 Å². The first-order chi connectivity index (χ1) is 23.3. The van der Waals surface area contributed by atoms with Crippen LogP contribution in [0.4, 0.5) is 4.79 Å². The Labute approximate surface area is 276 Å². The molecular weight excluding hydrogens is 624 g/mol. The van der Waals surface area contributed by atoms with Crippen LogP contribution in [0, 0.1) is 0 Å². The quantitative estimate of drug-likeness (QED) is 0.112. The highest BCUT2D eigenvalue weighted by atomic mass is 16.7. The number of azide groups is 3. The molecule has 1 heterocycles. The van der Waals surface area contributed by atoms with E-state index in [1.165, 1.54) is 0 Å². The van der Waals surface area contributed by atoms with Crippen molar-refractivity contribution in [3.8, 4) is 0 Å². The molecular formula is C31H38N10O7. The number of hydrogen-bond donors (Lipinski definition) is 1. The van der Waals surface area contributed by atoms with Crippen molar-refractivity contribution in [1.82, 2.24) is 4.90 Å². The summed E-state index contributed by atoms with van der Waals surface area (Å²) < 4.78 is 23.7. The Morgan fingerprint density at radius 1 is 0.917 bits per heavy atom. The maximum atomic E-state index is 13.7. The number of aliphatic hydroxyl groups is 1. The van der Waals surface area contributed by atoms with Gasteiger partial charge in [0.2, 0.25) is 0 Å².